The number of likely N-dealkylation sites (tertiary alicyclic amines) is 2. The SMILES string of the molecule is Cc1cccc(CN2CCCC3(CCN(C(=O)c4ccncc4)C3)C2=O)c1. The van der Waals surface area contributed by atoms with E-state index in [1.807, 2.05) is 15.9 Å². The fourth-order valence-corrected chi connectivity index (χ4v) is 4.44. The van der Waals surface area contributed by atoms with E-state index >= 15 is 0 Å². The average Bonchev–Trinajstić information content (AvgIpc) is 3.11. The molecule has 0 saturated carbocycles. The highest BCUT2D eigenvalue weighted by Gasteiger charge is 2.49. The van der Waals surface area contributed by atoms with Gasteiger partial charge in [-0.2, -0.15) is 0 Å². The summed E-state index contributed by atoms with van der Waals surface area (Å²) in [4.78, 5) is 33.9. The Labute approximate surface area is 160 Å². The summed E-state index contributed by atoms with van der Waals surface area (Å²) in [6, 6.07) is 11.8. The molecule has 4 rings (SSSR count). The minimum absolute atomic E-state index is 0.00196. The highest BCUT2D eigenvalue weighted by molar-refractivity contribution is 5.95. The Morgan fingerprint density at radius 1 is 1.15 bits per heavy atom. The largest absolute Gasteiger partial charge is 0.338 e. The molecule has 1 spiro atoms. The summed E-state index contributed by atoms with van der Waals surface area (Å²) in [7, 11) is 0. The molecule has 2 aromatic rings. The summed E-state index contributed by atoms with van der Waals surface area (Å²) in [5.41, 5.74) is 2.61. The van der Waals surface area contributed by atoms with Gasteiger partial charge < -0.3 is 9.80 Å². The Bertz CT molecular complexity index is 852. The molecule has 0 N–H and O–H groups in total. The van der Waals surface area contributed by atoms with Gasteiger partial charge in [-0.3, -0.25) is 14.6 Å². The van der Waals surface area contributed by atoms with Crippen molar-refractivity contribution in [2.24, 2.45) is 5.41 Å². The molecule has 0 radical (unpaired) electrons. The standard InChI is InChI=1S/C22H25N3O2/c1-17-4-2-5-18(14-17)15-24-12-3-8-22(21(24)27)9-13-25(16-22)20(26)19-6-10-23-11-7-19/h2,4-7,10-11,14H,3,8-9,12-13,15-16H2,1H3. The fourth-order valence-electron chi connectivity index (χ4n) is 4.44. The zero-order valence-electron chi connectivity index (χ0n) is 15.7. The van der Waals surface area contributed by atoms with E-state index in [9.17, 15) is 9.59 Å². The second kappa shape index (κ2) is 7.14. The lowest BCUT2D eigenvalue weighted by molar-refractivity contribution is -0.146. The molecular weight excluding hydrogens is 338 g/mol. The molecule has 2 fully saturated rings. The molecule has 5 heteroatoms. The molecule has 1 atom stereocenters. The van der Waals surface area contributed by atoms with Crippen molar-refractivity contribution >= 4 is 11.8 Å². The summed E-state index contributed by atoms with van der Waals surface area (Å²) >= 11 is 0. The van der Waals surface area contributed by atoms with Gasteiger partial charge in [-0.1, -0.05) is 29.8 Å². The Hall–Kier alpha value is -2.69. The third kappa shape index (κ3) is 3.46. The van der Waals surface area contributed by atoms with Gasteiger partial charge in [0.05, 0.1) is 5.41 Å². The van der Waals surface area contributed by atoms with Crippen molar-refractivity contribution < 1.29 is 9.59 Å². The monoisotopic (exact) mass is 363 g/mol. The van der Waals surface area contributed by atoms with E-state index < -0.39 is 5.41 Å². The van der Waals surface area contributed by atoms with Gasteiger partial charge in [0.25, 0.3) is 5.91 Å². The zero-order valence-corrected chi connectivity index (χ0v) is 15.7. The van der Waals surface area contributed by atoms with E-state index in [2.05, 4.69) is 30.1 Å². The molecule has 0 aliphatic carbocycles. The number of aromatic nitrogens is 1. The quantitative estimate of drug-likeness (QED) is 0.842. The van der Waals surface area contributed by atoms with Gasteiger partial charge in [-0.05, 0) is 43.9 Å². The van der Waals surface area contributed by atoms with Gasteiger partial charge in [-0.15, -0.1) is 0 Å². The number of pyridine rings is 1. The van der Waals surface area contributed by atoms with Crippen LogP contribution in [0.2, 0.25) is 0 Å². The maximum absolute atomic E-state index is 13.3. The predicted molar refractivity (Wildman–Crippen MR) is 103 cm³/mol. The number of carbonyl (C=O) groups excluding carboxylic acids is 2. The normalized spacial score (nSPS) is 22.5. The lowest BCUT2D eigenvalue weighted by atomic mass is 9.78. The van der Waals surface area contributed by atoms with Crippen LogP contribution in [0, 0.1) is 12.3 Å². The Kier molecular flexibility index (Phi) is 4.68. The molecule has 5 nitrogen and oxygen atoms in total. The first-order valence-electron chi connectivity index (χ1n) is 9.62. The van der Waals surface area contributed by atoms with Crippen molar-refractivity contribution in [3.8, 4) is 0 Å². The Morgan fingerprint density at radius 2 is 1.96 bits per heavy atom. The van der Waals surface area contributed by atoms with Crippen LogP contribution in [0.1, 0.15) is 40.7 Å². The van der Waals surface area contributed by atoms with Gasteiger partial charge in [0.1, 0.15) is 0 Å². The Balaban J connectivity index is 1.48. The second-order valence-electron chi connectivity index (χ2n) is 7.81. The van der Waals surface area contributed by atoms with Crippen molar-refractivity contribution in [2.45, 2.75) is 32.7 Å². The van der Waals surface area contributed by atoms with Gasteiger partial charge in [0, 0.05) is 44.1 Å². The van der Waals surface area contributed by atoms with Crippen LogP contribution >= 0.6 is 0 Å². The summed E-state index contributed by atoms with van der Waals surface area (Å²) < 4.78 is 0. The van der Waals surface area contributed by atoms with Crippen LogP contribution in [-0.2, 0) is 11.3 Å². The number of nitrogens with zero attached hydrogens (tertiary/aromatic N) is 3. The molecule has 2 saturated heterocycles. The van der Waals surface area contributed by atoms with E-state index in [-0.39, 0.29) is 11.8 Å². The van der Waals surface area contributed by atoms with Crippen molar-refractivity contribution in [3.05, 3.63) is 65.5 Å². The highest BCUT2D eigenvalue weighted by Crippen LogP contribution is 2.40. The van der Waals surface area contributed by atoms with Crippen LogP contribution in [0.3, 0.4) is 0 Å². The molecule has 0 bridgehead atoms. The molecule has 2 aliphatic heterocycles. The molecule has 1 aromatic carbocycles. The number of piperidine rings is 1. The van der Waals surface area contributed by atoms with E-state index in [0.717, 1.165) is 25.8 Å². The van der Waals surface area contributed by atoms with Crippen LogP contribution < -0.4 is 0 Å². The Morgan fingerprint density at radius 3 is 2.74 bits per heavy atom. The average molecular weight is 363 g/mol. The number of hydrogen-bond acceptors (Lipinski definition) is 3. The molecule has 3 heterocycles. The van der Waals surface area contributed by atoms with Gasteiger partial charge in [0.15, 0.2) is 0 Å². The van der Waals surface area contributed by atoms with Crippen LogP contribution in [0.25, 0.3) is 0 Å². The number of hydrogen-bond donors (Lipinski definition) is 0. The lowest BCUT2D eigenvalue weighted by Crippen LogP contribution is -2.50. The third-order valence-electron chi connectivity index (χ3n) is 5.85. The number of benzene rings is 1. The third-order valence-corrected chi connectivity index (χ3v) is 5.85. The van der Waals surface area contributed by atoms with Crippen molar-refractivity contribution in [2.75, 3.05) is 19.6 Å². The first-order chi connectivity index (χ1) is 13.1. The van der Waals surface area contributed by atoms with E-state index in [0.29, 0.717) is 25.2 Å². The van der Waals surface area contributed by atoms with Crippen molar-refractivity contribution in [3.63, 3.8) is 0 Å². The van der Waals surface area contributed by atoms with Gasteiger partial charge in [-0.25, -0.2) is 0 Å². The van der Waals surface area contributed by atoms with Crippen LogP contribution in [0.5, 0.6) is 0 Å². The zero-order chi connectivity index (χ0) is 18.9. The van der Waals surface area contributed by atoms with Crippen molar-refractivity contribution in [1.82, 2.24) is 14.8 Å². The summed E-state index contributed by atoms with van der Waals surface area (Å²) in [6.45, 7) is 4.69. The molecule has 2 aliphatic rings. The lowest BCUT2D eigenvalue weighted by Gasteiger charge is -2.39. The van der Waals surface area contributed by atoms with Gasteiger partial charge in [0.2, 0.25) is 5.91 Å². The van der Waals surface area contributed by atoms with E-state index in [1.54, 1.807) is 24.5 Å². The highest BCUT2D eigenvalue weighted by atomic mass is 16.2. The molecule has 2 amide bonds. The summed E-state index contributed by atoms with van der Waals surface area (Å²) in [5.74, 6) is 0.207. The maximum Gasteiger partial charge on any atom is 0.253 e. The predicted octanol–water partition coefficient (Wildman–Crippen LogP) is 3.04. The van der Waals surface area contributed by atoms with Crippen LogP contribution in [0.15, 0.2) is 48.8 Å². The smallest absolute Gasteiger partial charge is 0.253 e. The van der Waals surface area contributed by atoms with Gasteiger partial charge >= 0.3 is 0 Å². The summed E-state index contributed by atoms with van der Waals surface area (Å²) in [5, 5.41) is 0. The first kappa shape index (κ1) is 17.7. The van der Waals surface area contributed by atoms with Crippen LogP contribution in [0.4, 0.5) is 0 Å². The number of rotatable bonds is 3. The van der Waals surface area contributed by atoms with E-state index in [4.69, 9.17) is 0 Å². The molecular formula is C22H25N3O2. The number of aryl methyl sites for hydroxylation is 1. The van der Waals surface area contributed by atoms with Crippen LogP contribution in [-0.4, -0.2) is 46.2 Å². The van der Waals surface area contributed by atoms with E-state index in [1.165, 1.54) is 11.1 Å². The second-order valence-corrected chi connectivity index (χ2v) is 7.81. The minimum Gasteiger partial charge on any atom is -0.338 e. The molecule has 1 aromatic heterocycles. The molecule has 140 valence electrons. The molecule has 1 unspecified atom stereocenters. The van der Waals surface area contributed by atoms with Crippen molar-refractivity contribution in [1.29, 1.82) is 0 Å². The first-order valence-corrected chi connectivity index (χ1v) is 9.62. The summed E-state index contributed by atoms with van der Waals surface area (Å²) in [6.07, 6.45) is 5.89. The number of amides is 2. The minimum atomic E-state index is -0.412. The maximum atomic E-state index is 13.3. The fraction of sp³-hybridized carbons (Fsp3) is 0.409. The number of carbonyl (C=O) groups is 2. The molecule has 27 heavy (non-hydrogen) atoms. The topological polar surface area (TPSA) is 53.5 Å².